The molecule has 0 bridgehead atoms. The molecule has 2 N–H and O–H groups in total. The highest BCUT2D eigenvalue weighted by molar-refractivity contribution is 4.88. The highest BCUT2D eigenvalue weighted by Gasteiger charge is 1.98. The van der Waals surface area contributed by atoms with E-state index in [-0.39, 0.29) is 6.04 Å². The van der Waals surface area contributed by atoms with Gasteiger partial charge in [-0.25, -0.2) is 4.98 Å². The molecule has 0 aromatic carbocycles. The van der Waals surface area contributed by atoms with Crippen LogP contribution in [-0.4, -0.2) is 11.0 Å². The van der Waals surface area contributed by atoms with Crippen molar-refractivity contribution in [1.29, 1.82) is 0 Å². The van der Waals surface area contributed by atoms with Gasteiger partial charge in [0.15, 0.2) is 6.39 Å². The Morgan fingerprint density at radius 2 is 2.60 bits per heavy atom. The third kappa shape index (κ3) is 2.19. The predicted octanol–water partition coefficient (Wildman–Crippen LogP) is 0.954. The Bertz CT molecular complexity index is 170. The van der Waals surface area contributed by atoms with Crippen LogP contribution >= 0.6 is 0 Å². The van der Waals surface area contributed by atoms with Crippen LogP contribution in [0.1, 0.15) is 19.1 Å². The van der Waals surface area contributed by atoms with Crippen LogP contribution < -0.4 is 5.73 Å². The van der Waals surface area contributed by atoms with E-state index in [1.54, 1.807) is 6.20 Å². The van der Waals surface area contributed by atoms with Gasteiger partial charge >= 0.3 is 0 Å². The van der Waals surface area contributed by atoms with Crippen molar-refractivity contribution < 1.29 is 4.42 Å². The molecule has 0 amide bonds. The minimum Gasteiger partial charge on any atom is -0.449 e. The zero-order valence-corrected chi connectivity index (χ0v) is 6.08. The summed E-state index contributed by atoms with van der Waals surface area (Å²) in [5.74, 6) is 0.914. The molecule has 0 fully saturated rings. The second-order valence-corrected chi connectivity index (χ2v) is 2.48. The summed E-state index contributed by atoms with van der Waals surface area (Å²) in [7, 11) is 0. The van der Waals surface area contributed by atoms with Crippen molar-refractivity contribution in [3.05, 3.63) is 18.4 Å². The summed E-state index contributed by atoms with van der Waals surface area (Å²) in [5, 5.41) is 0. The van der Waals surface area contributed by atoms with Crippen molar-refractivity contribution >= 4 is 0 Å². The summed E-state index contributed by atoms with van der Waals surface area (Å²) in [6.07, 6.45) is 5.01. The van der Waals surface area contributed by atoms with E-state index < -0.39 is 0 Å². The molecule has 0 spiro atoms. The maximum atomic E-state index is 5.55. The van der Waals surface area contributed by atoms with Crippen molar-refractivity contribution in [3.63, 3.8) is 0 Å². The monoisotopic (exact) mass is 140 g/mol. The number of rotatable bonds is 3. The lowest BCUT2D eigenvalue weighted by Gasteiger charge is -1.99. The minimum absolute atomic E-state index is 0.241. The molecular weight excluding hydrogens is 128 g/mol. The van der Waals surface area contributed by atoms with E-state index in [9.17, 15) is 0 Å². The Morgan fingerprint density at radius 1 is 1.80 bits per heavy atom. The van der Waals surface area contributed by atoms with Crippen molar-refractivity contribution in [2.45, 2.75) is 25.8 Å². The average molecular weight is 140 g/mol. The van der Waals surface area contributed by atoms with Crippen LogP contribution in [-0.2, 0) is 6.42 Å². The number of aryl methyl sites for hydroxylation is 1. The molecule has 0 saturated heterocycles. The van der Waals surface area contributed by atoms with E-state index in [1.165, 1.54) is 6.39 Å². The molecule has 10 heavy (non-hydrogen) atoms. The topological polar surface area (TPSA) is 52.0 Å². The first-order valence-corrected chi connectivity index (χ1v) is 3.42. The molecule has 1 aromatic rings. The Kier molecular flexibility index (Phi) is 2.45. The van der Waals surface area contributed by atoms with Crippen molar-refractivity contribution in [2.75, 3.05) is 0 Å². The third-order valence-electron chi connectivity index (χ3n) is 1.33. The molecule has 0 aliphatic heterocycles. The molecule has 1 unspecified atom stereocenters. The quantitative estimate of drug-likeness (QED) is 0.680. The number of hydrogen-bond donors (Lipinski definition) is 1. The maximum Gasteiger partial charge on any atom is 0.180 e. The minimum atomic E-state index is 0.241. The molecule has 1 rings (SSSR count). The molecule has 1 atom stereocenters. The van der Waals surface area contributed by atoms with Gasteiger partial charge in [0.05, 0.1) is 6.20 Å². The van der Waals surface area contributed by atoms with Gasteiger partial charge in [-0.15, -0.1) is 0 Å². The van der Waals surface area contributed by atoms with Gasteiger partial charge in [-0.3, -0.25) is 0 Å². The first-order chi connectivity index (χ1) is 4.79. The van der Waals surface area contributed by atoms with Gasteiger partial charge in [-0.1, -0.05) is 0 Å². The lowest BCUT2D eigenvalue weighted by atomic mass is 10.2. The summed E-state index contributed by atoms with van der Waals surface area (Å²) in [4.78, 5) is 3.79. The van der Waals surface area contributed by atoms with E-state index >= 15 is 0 Å². The van der Waals surface area contributed by atoms with Crippen LogP contribution in [0.15, 0.2) is 17.0 Å². The number of oxazole rings is 1. The Morgan fingerprint density at radius 3 is 3.10 bits per heavy atom. The summed E-state index contributed by atoms with van der Waals surface area (Å²) in [6, 6.07) is 0.241. The van der Waals surface area contributed by atoms with Crippen molar-refractivity contribution in [2.24, 2.45) is 5.73 Å². The van der Waals surface area contributed by atoms with Gasteiger partial charge in [-0.2, -0.15) is 0 Å². The van der Waals surface area contributed by atoms with Gasteiger partial charge in [0.2, 0.25) is 0 Å². The van der Waals surface area contributed by atoms with E-state index in [4.69, 9.17) is 10.2 Å². The Hall–Kier alpha value is -0.830. The smallest absolute Gasteiger partial charge is 0.180 e. The largest absolute Gasteiger partial charge is 0.449 e. The number of nitrogens with two attached hydrogens (primary N) is 1. The van der Waals surface area contributed by atoms with E-state index in [0.717, 1.165) is 18.6 Å². The first-order valence-electron chi connectivity index (χ1n) is 3.42. The molecule has 3 heteroatoms. The predicted molar refractivity (Wildman–Crippen MR) is 38.5 cm³/mol. The van der Waals surface area contributed by atoms with Gasteiger partial charge < -0.3 is 10.2 Å². The molecule has 1 heterocycles. The highest BCUT2D eigenvalue weighted by atomic mass is 16.3. The van der Waals surface area contributed by atoms with Crippen LogP contribution in [0, 0.1) is 0 Å². The van der Waals surface area contributed by atoms with Crippen LogP contribution in [0.4, 0.5) is 0 Å². The Balaban J connectivity index is 2.28. The van der Waals surface area contributed by atoms with E-state index in [2.05, 4.69) is 4.98 Å². The van der Waals surface area contributed by atoms with Gasteiger partial charge in [0, 0.05) is 12.5 Å². The molecule has 1 aromatic heterocycles. The lowest BCUT2D eigenvalue weighted by molar-refractivity contribution is 0.486. The van der Waals surface area contributed by atoms with E-state index in [0.29, 0.717) is 0 Å². The van der Waals surface area contributed by atoms with Crippen LogP contribution in [0.5, 0.6) is 0 Å². The SMILES string of the molecule is CC(N)CCc1cnco1. The van der Waals surface area contributed by atoms with Crippen molar-refractivity contribution in [1.82, 2.24) is 4.98 Å². The van der Waals surface area contributed by atoms with Crippen LogP contribution in [0.3, 0.4) is 0 Å². The second kappa shape index (κ2) is 3.37. The number of aromatic nitrogens is 1. The first kappa shape index (κ1) is 7.28. The summed E-state index contributed by atoms with van der Waals surface area (Å²) in [6.45, 7) is 1.98. The molecule has 0 radical (unpaired) electrons. The van der Waals surface area contributed by atoms with Gasteiger partial charge in [-0.05, 0) is 13.3 Å². The average Bonchev–Trinajstić information content (AvgIpc) is 2.34. The highest BCUT2D eigenvalue weighted by Crippen LogP contribution is 2.01. The van der Waals surface area contributed by atoms with E-state index in [1.807, 2.05) is 6.92 Å². The Labute approximate surface area is 60.2 Å². The fourth-order valence-corrected chi connectivity index (χ4v) is 0.736. The normalized spacial score (nSPS) is 13.4. The number of nitrogens with zero attached hydrogens (tertiary/aromatic N) is 1. The number of hydrogen-bond acceptors (Lipinski definition) is 3. The van der Waals surface area contributed by atoms with Crippen molar-refractivity contribution in [3.8, 4) is 0 Å². The molecule has 56 valence electrons. The molecule has 3 nitrogen and oxygen atoms in total. The fourth-order valence-electron chi connectivity index (χ4n) is 0.736. The molecule has 0 saturated carbocycles. The fraction of sp³-hybridized carbons (Fsp3) is 0.571. The zero-order chi connectivity index (χ0) is 7.40. The molecule has 0 aliphatic rings. The zero-order valence-electron chi connectivity index (χ0n) is 6.08. The van der Waals surface area contributed by atoms with Gasteiger partial charge in [0.1, 0.15) is 5.76 Å². The lowest BCUT2D eigenvalue weighted by Crippen LogP contribution is -2.15. The van der Waals surface area contributed by atoms with Crippen LogP contribution in [0.25, 0.3) is 0 Å². The summed E-state index contributed by atoms with van der Waals surface area (Å²) in [5.41, 5.74) is 5.55. The summed E-state index contributed by atoms with van der Waals surface area (Å²) >= 11 is 0. The second-order valence-electron chi connectivity index (χ2n) is 2.48. The van der Waals surface area contributed by atoms with Gasteiger partial charge in [0.25, 0.3) is 0 Å². The molecule has 0 aliphatic carbocycles. The maximum absolute atomic E-state index is 5.55. The third-order valence-corrected chi connectivity index (χ3v) is 1.33. The standard InChI is InChI=1S/C7H12N2O/c1-6(8)2-3-7-4-9-5-10-7/h4-6H,2-3,8H2,1H3. The van der Waals surface area contributed by atoms with Crippen LogP contribution in [0.2, 0.25) is 0 Å². The molecular formula is C7H12N2O. The summed E-state index contributed by atoms with van der Waals surface area (Å²) < 4.78 is 5.02.